The van der Waals surface area contributed by atoms with Gasteiger partial charge in [-0.15, -0.1) is 0 Å². The van der Waals surface area contributed by atoms with Crippen LogP contribution in [0.5, 0.6) is 0 Å². The molecule has 25 heavy (non-hydrogen) atoms. The lowest BCUT2D eigenvalue weighted by molar-refractivity contribution is -0.119. The fraction of sp³-hybridized carbons (Fsp3) is 0.176. The standard InChI is InChI=1S/C17H15F2NO4S/c1-2-25(23)15-6-4-3-5-12(15)17(22)24-10-16(21)20-14-8-7-11(18)9-13(14)19/h3-9H,2,10H2,1H3,(H,20,21)/t25-/m0/s1. The summed E-state index contributed by atoms with van der Waals surface area (Å²) in [6.45, 7) is 1.05. The summed E-state index contributed by atoms with van der Waals surface area (Å²) in [6, 6.07) is 8.89. The van der Waals surface area contributed by atoms with E-state index in [9.17, 15) is 22.6 Å². The summed E-state index contributed by atoms with van der Waals surface area (Å²) >= 11 is 0. The SMILES string of the molecule is CC[S@](=O)c1ccccc1C(=O)OCC(=O)Nc1ccc(F)cc1F. The molecule has 0 aromatic heterocycles. The predicted molar refractivity (Wildman–Crippen MR) is 88.7 cm³/mol. The molecule has 0 bridgehead atoms. The second kappa shape index (κ2) is 8.48. The molecule has 0 aliphatic carbocycles. The Kier molecular flexibility index (Phi) is 6.35. The molecule has 0 fully saturated rings. The van der Waals surface area contributed by atoms with Crippen molar-refractivity contribution in [1.29, 1.82) is 0 Å². The molecule has 0 aliphatic rings. The maximum atomic E-state index is 13.5. The molecular weight excluding hydrogens is 352 g/mol. The average Bonchev–Trinajstić information content (AvgIpc) is 2.61. The summed E-state index contributed by atoms with van der Waals surface area (Å²) in [5.74, 6) is -2.99. The smallest absolute Gasteiger partial charge is 0.339 e. The van der Waals surface area contributed by atoms with Gasteiger partial charge in [0.2, 0.25) is 0 Å². The van der Waals surface area contributed by atoms with E-state index < -0.39 is 40.9 Å². The van der Waals surface area contributed by atoms with Crippen LogP contribution >= 0.6 is 0 Å². The van der Waals surface area contributed by atoms with Gasteiger partial charge in [-0.25, -0.2) is 13.6 Å². The van der Waals surface area contributed by atoms with Crippen LogP contribution in [0.4, 0.5) is 14.5 Å². The minimum atomic E-state index is -1.36. The number of ether oxygens (including phenoxy) is 1. The first-order valence-corrected chi connectivity index (χ1v) is 8.63. The van der Waals surface area contributed by atoms with Crippen molar-refractivity contribution in [3.63, 3.8) is 0 Å². The maximum Gasteiger partial charge on any atom is 0.339 e. The number of hydrogen-bond donors (Lipinski definition) is 1. The molecule has 1 atom stereocenters. The molecule has 2 rings (SSSR count). The Morgan fingerprint density at radius 1 is 1.16 bits per heavy atom. The first-order valence-electron chi connectivity index (χ1n) is 7.31. The molecule has 0 spiro atoms. The number of halogens is 2. The van der Waals surface area contributed by atoms with Crippen LogP contribution in [-0.2, 0) is 20.3 Å². The number of anilines is 1. The van der Waals surface area contributed by atoms with Crippen molar-refractivity contribution < 1.29 is 27.3 Å². The number of esters is 1. The lowest BCUT2D eigenvalue weighted by Crippen LogP contribution is -2.22. The molecule has 132 valence electrons. The van der Waals surface area contributed by atoms with Crippen LogP contribution < -0.4 is 5.32 Å². The van der Waals surface area contributed by atoms with Gasteiger partial charge in [-0.3, -0.25) is 9.00 Å². The Morgan fingerprint density at radius 2 is 1.88 bits per heavy atom. The van der Waals surface area contributed by atoms with Crippen molar-refractivity contribution in [3.05, 3.63) is 59.7 Å². The zero-order valence-corrected chi connectivity index (χ0v) is 14.1. The van der Waals surface area contributed by atoms with E-state index in [0.717, 1.165) is 12.1 Å². The van der Waals surface area contributed by atoms with E-state index in [-0.39, 0.29) is 11.3 Å². The fourth-order valence-electron chi connectivity index (χ4n) is 1.98. The molecule has 1 N–H and O–H groups in total. The summed E-state index contributed by atoms with van der Waals surface area (Å²) < 4.78 is 43.1. The third-order valence-corrected chi connectivity index (χ3v) is 4.52. The van der Waals surface area contributed by atoms with E-state index in [4.69, 9.17) is 4.74 Å². The highest BCUT2D eigenvalue weighted by atomic mass is 32.2. The molecule has 0 radical (unpaired) electrons. The van der Waals surface area contributed by atoms with E-state index in [1.807, 2.05) is 0 Å². The summed E-state index contributed by atoms with van der Waals surface area (Å²) in [4.78, 5) is 24.2. The molecule has 8 heteroatoms. The lowest BCUT2D eigenvalue weighted by atomic mass is 10.2. The molecule has 0 aliphatic heterocycles. The van der Waals surface area contributed by atoms with E-state index in [2.05, 4.69) is 5.32 Å². The van der Waals surface area contributed by atoms with E-state index in [1.54, 1.807) is 25.1 Å². The van der Waals surface area contributed by atoms with Gasteiger partial charge >= 0.3 is 5.97 Å². The second-order valence-electron chi connectivity index (χ2n) is 4.88. The molecule has 5 nitrogen and oxygen atoms in total. The number of amides is 1. The number of hydrogen-bond acceptors (Lipinski definition) is 4. The summed E-state index contributed by atoms with van der Waals surface area (Å²) in [5, 5.41) is 2.17. The molecule has 0 saturated heterocycles. The van der Waals surface area contributed by atoms with Crippen molar-refractivity contribution in [3.8, 4) is 0 Å². The number of carbonyl (C=O) groups is 2. The molecule has 0 saturated carbocycles. The van der Waals surface area contributed by atoms with Crippen LogP contribution in [0.1, 0.15) is 17.3 Å². The van der Waals surface area contributed by atoms with Gasteiger partial charge in [-0.1, -0.05) is 19.1 Å². The third-order valence-electron chi connectivity index (χ3n) is 3.15. The van der Waals surface area contributed by atoms with Crippen LogP contribution in [0.25, 0.3) is 0 Å². The first-order chi connectivity index (χ1) is 11.9. The maximum absolute atomic E-state index is 13.5. The first kappa shape index (κ1) is 18.7. The van der Waals surface area contributed by atoms with E-state index in [1.165, 1.54) is 6.07 Å². The Morgan fingerprint density at radius 3 is 2.56 bits per heavy atom. The van der Waals surface area contributed by atoms with Crippen LogP contribution in [0.15, 0.2) is 47.4 Å². The van der Waals surface area contributed by atoms with Crippen molar-refractivity contribution in [2.24, 2.45) is 0 Å². The van der Waals surface area contributed by atoms with Crippen LogP contribution in [-0.4, -0.2) is 28.4 Å². The Balaban J connectivity index is 2.00. The van der Waals surface area contributed by atoms with Gasteiger partial charge in [0.05, 0.1) is 26.9 Å². The van der Waals surface area contributed by atoms with Gasteiger partial charge in [0, 0.05) is 11.8 Å². The Labute approximate surface area is 145 Å². The van der Waals surface area contributed by atoms with Gasteiger partial charge in [-0.2, -0.15) is 0 Å². The minimum absolute atomic E-state index is 0.100. The quantitative estimate of drug-likeness (QED) is 0.797. The summed E-state index contributed by atoms with van der Waals surface area (Å²) in [7, 11) is -1.36. The molecule has 1 amide bonds. The molecular formula is C17H15F2NO4S. The molecule has 2 aromatic rings. The summed E-state index contributed by atoms with van der Waals surface area (Å²) in [5.41, 5.74) is -0.126. The van der Waals surface area contributed by atoms with E-state index >= 15 is 0 Å². The van der Waals surface area contributed by atoms with Gasteiger partial charge in [0.1, 0.15) is 11.6 Å². The largest absolute Gasteiger partial charge is 0.452 e. The monoisotopic (exact) mass is 367 g/mol. The lowest BCUT2D eigenvalue weighted by Gasteiger charge is -2.09. The average molecular weight is 367 g/mol. The van der Waals surface area contributed by atoms with Crippen LogP contribution in [0, 0.1) is 11.6 Å². The van der Waals surface area contributed by atoms with Gasteiger partial charge in [0.25, 0.3) is 5.91 Å². The van der Waals surface area contributed by atoms with Crippen LogP contribution in [0.3, 0.4) is 0 Å². The van der Waals surface area contributed by atoms with Gasteiger partial charge in [0.15, 0.2) is 6.61 Å². The van der Waals surface area contributed by atoms with Gasteiger partial charge < -0.3 is 10.1 Å². The highest BCUT2D eigenvalue weighted by Crippen LogP contribution is 2.16. The normalized spacial score (nSPS) is 11.6. The number of nitrogens with one attached hydrogen (secondary N) is 1. The predicted octanol–water partition coefficient (Wildman–Crippen LogP) is 2.89. The van der Waals surface area contributed by atoms with Crippen molar-refractivity contribution in [2.45, 2.75) is 11.8 Å². The zero-order chi connectivity index (χ0) is 18.4. The van der Waals surface area contributed by atoms with E-state index in [0.29, 0.717) is 16.7 Å². The fourth-order valence-corrected chi connectivity index (χ4v) is 2.91. The topological polar surface area (TPSA) is 72.5 Å². The number of carbonyl (C=O) groups excluding carboxylic acids is 2. The third kappa shape index (κ3) is 4.93. The molecule has 0 heterocycles. The zero-order valence-electron chi connectivity index (χ0n) is 13.3. The second-order valence-corrected chi connectivity index (χ2v) is 6.59. The number of benzene rings is 2. The highest BCUT2D eigenvalue weighted by Gasteiger charge is 2.17. The highest BCUT2D eigenvalue weighted by molar-refractivity contribution is 7.85. The minimum Gasteiger partial charge on any atom is -0.452 e. The van der Waals surface area contributed by atoms with Crippen molar-refractivity contribution in [1.82, 2.24) is 0 Å². The van der Waals surface area contributed by atoms with Gasteiger partial charge in [-0.05, 0) is 24.3 Å². The molecule has 0 unspecified atom stereocenters. The van der Waals surface area contributed by atoms with Crippen molar-refractivity contribution >= 4 is 28.4 Å². The van der Waals surface area contributed by atoms with Crippen LogP contribution in [0.2, 0.25) is 0 Å². The summed E-state index contributed by atoms with van der Waals surface area (Å²) in [6.07, 6.45) is 0. The molecule has 2 aromatic carbocycles. The Hall–Kier alpha value is -2.61. The number of rotatable bonds is 6. The Bertz CT molecular complexity index is 826. The van der Waals surface area contributed by atoms with Crippen molar-refractivity contribution in [2.75, 3.05) is 17.7 Å².